The molecular weight excluding hydrogens is 262 g/mol. The van der Waals surface area contributed by atoms with Gasteiger partial charge in [0.2, 0.25) is 0 Å². The molecule has 1 amide bonds. The van der Waals surface area contributed by atoms with E-state index in [4.69, 9.17) is 0 Å². The normalized spacial score (nSPS) is 21.9. The maximum atomic E-state index is 12.8. The maximum Gasteiger partial charge on any atom is 0.256 e. The predicted octanol–water partition coefficient (Wildman–Crippen LogP) is 3.55. The van der Waals surface area contributed by atoms with Crippen molar-refractivity contribution in [2.24, 2.45) is 5.92 Å². The fraction of sp³-hybridized carbons (Fsp3) is 0.647. The molecule has 1 heterocycles. The zero-order valence-corrected chi connectivity index (χ0v) is 13.4. The van der Waals surface area contributed by atoms with E-state index in [1.165, 1.54) is 12.8 Å². The lowest BCUT2D eigenvalue weighted by Gasteiger charge is -2.34. The lowest BCUT2D eigenvalue weighted by molar-refractivity contribution is 0.0673. The smallest absolute Gasteiger partial charge is 0.256 e. The molecule has 0 radical (unpaired) electrons. The third-order valence-corrected chi connectivity index (χ3v) is 4.39. The number of pyridine rings is 1. The van der Waals surface area contributed by atoms with Gasteiger partial charge < -0.3 is 10.2 Å². The van der Waals surface area contributed by atoms with Crippen LogP contribution < -0.4 is 5.32 Å². The summed E-state index contributed by atoms with van der Waals surface area (Å²) < 4.78 is 0. The van der Waals surface area contributed by atoms with Crippen LogP contribution in [0.4, 0.5) is 5.69 Å². The number of carbonyl (C=O) groups excluding carboxylic acids is 1. The van der Waals surface area contributed by atoms with Crippen LogP contribution in [0.25, 0.3) is 0 Å². The van der Waals surface area contributed by atoms with Crippen molar-refractivity contribution < 1.29 is 4.79 Å². The summed E-state index contributed by atoms with van der Waals surface area (Å²) in [6.07, 6.45) is 9.22. The van der Waals surface area contributed by atoms with Gasteiger partial charge in [0.1, 0.15) is 0 Å². The van der Waals surface area contributed by atoms with E-state index < -0.39 is 0 Å². The minimum atomic E-state index is 0.107. The van der Waals surface area contributed by atoms with Gasteiger partial charge in [-0.15, -0.1) is 0 Å². The monoisotopic (exact) mass is 289 g/mol. The van der Waals surface area contributed by atoms with Crippen LogP contribution in [0.5, 0.6) is 0 Å². The number of hydrogen-bond donors (Lipinski definition) is 1. The van der Waals surface area contributed by atoms with Crippen molar-refractivity contribution in [1.29, 1.82) is 0 Å². The van der Waals surface area contributed by atoms with Gasteiger partial charge in [-0.1, -0.05) is 26.7 Å². The van der Waals surface area contributed by atoms with E-state index in [1.807, 2.05) is 18.0 Å². The summed E-state index contributed by atoms with van der Waals surface area (Å²) in [6, 6.07) is 2.19. The number of aromatic nitrogens is 1. The molecule has 1 N–H and O–H groups in total. The molecule has 2 atom stereocenters. The molecule has 116 valence electrons. The molecule has 1 fully saturated rings. The van der Waals surface area contributed by atoms with E-state index in [0.717, 1.165) is 37.1 Å². The summed E-state index contributed by atoms with van der Waals surface area (Å²) in [6.45, 7) is 5.25. The third-order valence-electron chi connectivity index (χ3n) is 4.39. The highest BCUT2D eigenvalue weighted by Crippen LogP contribution is 2.28. The fourth-order valence-electron chi connectivity index (χ4n) is 3.09. The van der Waals surface area contributed by atoms with E-state index in [1.54, 1.807) is 12.4 Å². The van der Waals surface area contributed by atoms with Crippen LogP contribution in [-0.2, 0) is 0 Å². The summed E-state index contributed by atoms with van der Waals surface area (Å²) in [4.78, 5) is 18.9. The molecule has 4 heteroatoms. The Kier molecular flexibility index (Phi) is 5.59. The number of rotatable bonds is 5. The van der Waals surface area contributed by atoms with E-state index in [0.29, 0.717) is 12.0 Å². The molecule has 21 heavy (non-hydrogen) atoms. The summed E-state index contributed by atoms with van der Waals surface area (Å²) >= 11 is 0. The van der Waals surface area contributed by atoms with Crippen LogP contribution in [0.15, 0.2) is 18.5 Å². The summed E-state index contributed by atoms with van der Waals surface area (Å²) in [5.74, 6) is 0.823. The summed E-state index contributed by atoms with van der Waals surface area (Å²) in [5, 5.41) is 3.30. The van der Waals surface area contributed by atoms with Gasteiger partial charge in [0.05, 0.1) is 17.4 Å². The molecule has 0 saturated heterocycles. The van der Waals surface area contributed by atoms with Crippen molar-refractivity contribution in [1.82, 2.24) is 9.88 Å². The molecule has 1 aliphatic rings. The minimum Gasteiger partial charge on any atom is -0.383 e. The van der Waals surface area contributed by atoms with Gasteiger partial charge in [0.25, 0.3) is 5.91 Å². The quantitative estimate of drug-likeness (QED) is 0.901. The maximum absolute atomic E-state index is 12.8. The number of nitrogens with zero attached hydrogens (tertiary/aromatic N) is 2. The second kappa shape index (κ2) is 7.43. The zero-order chi connectivity index (χ0) is 15.2. The molecule has 4 nitrogen and oxygen atoms in total. The summed E-state index contributed by atoms with van der Waals surface area (Å²) in [5.41, 5.74) is 1.58. The number of amides is 1. The Morgan fingerprint density at radius 2 is 2.29 bits per heavy atom. The van der Waals surface area contributed by atoms with Crippen LogP contribution in [0.1, 0.15) is 56.3 Å². The number of hydrogen-bond acceptors (Lipinski definition) is 3. The average molecular weight is 289 g/mol. The van der Waals surface area contributed by atoms with E-state index in [9.17, 15) is 4.79 Å². The molecule has 0 aromatic carbocycles. The highest BCUT2D eigenvalue weighted by Gasteiger charge is 2.27. The highest BCUT2D eigenvalue weighted by atomic mass is 16.2. The molecule has 1 saturated carbocycles. The van der Waals surface area contributed by atoms with Gasteiger partial charge in [0.15, 0.2) is 0 Å². The molecule has 0 bridgehead atoms. The van der Waals surface area contributed by atoms with Crippen LogP contribution in [-0.4, -0.2) is 35.4 Å². The first-order chi connectivity index (χ1) is 10.1. The van der Waals surface area contributed by atoms with E-state index >= 15 is 0 Å². The number of nitrogens with one attached hydrogen (secondary N) is 1. The van der Waals surface area contributed by atoms with E-state index in [-0.39, 0.29) is 5.91 Å². The van der Waals surface area contributed by atoms with Crippen molar-refractivity contribution in [3.8, 4) is 0 Å². The van der Waals surface area contributed by atoms with Gasteiger partial charge in [-0.05, 0) is 31.2 Å². The number of anilines is 1. The first-order valence-corrected chi connectivity index (χ1v) is 8.08. The SMILES string of the molecule is CCCNc1cnccc1C(=O)N(C)C1CCCC(C)C1. The Balaban J connectivity index is 2.11. The molecule has 2 unspecified atom stereocenters. The first-order valence-electron chi connectivity index (χ1n) is 8.08. The zero-order valence-electron chi connectivity index (χ0n) is 13.4. The second-order valence-corrected chi connectivity index (χ2v) is 6.19. The summed E-state index contributed by atoms with van der Waals surface area (Å²) in [7, 11) is 1.94. The predicted molar refractivity (Wildman–Crippen MR) is 86.5 cm³/mol. The standard InChI is InChI=1S/C17H27N3O/c1-4-9-19-16-12-18-10-8-15(16)17(21)20(3)14-7-5-6-13(2)11-14/h8,10,12-14,19H,4-7,9,11H2,1-3H3. The fourth-order valence-corrected chi connectivity index (χ4v) is 3.09. The van der Waals surface area contributed by atoms with Crippen molar-refractivity contribution in [3.05, 3.63) is 24.0 Å². The third kappa shape index (κ3) is 3.96. The van der Waals surface area contributed by atoms with Crippen molar-refractivity contribution in [2.45, 2.75) is 52.0 Å². The van der Waals surface area contributed by atoms with Gasteiger partial charge in [-0.3, -0.25) is 9.78 Å². The van der Waals surface area contributed by atoms with Gasteiger partial charge >= 0.3 is 0 Å². The molecule has 1 aromatic heterocycles. The largest absolute Gasteiger partial charge is 0.383 e. The Hall–Kier alpha value is -1.58. The van der Waals surface area contributed by atoms with Gasteiger partial charge in [-0.2, -0.15) is 0 Å². The van der Waals surface area contributed by atoms with Crippen LogP contribution in [0.2, 0.25) is 0 Å². The molecular formula is C17H27N3O. The molecule has 2 rings (SSSR count). The minimum absolute atomic E-state index is 0.107. The Morgan fingerprint density at radius 3 is 3.00 bits per heavy atom. The Labute approximate surface area is 127 Å². The molecule has 1 aromatic rings. The molecule has 1 aliphatic carbocycles. The van der Waals surface area contributed by atoms with E-state index in [2.05, 4.69) is 24.1 Å². The van der Waals surface area contributed by atoms with Crippen LogP contribution in [0, 0.1) is 5.92 Å². The first kappa shape index (κ1) is 15.8. The molecule has 0 spiro atoms. The van der Waals surface area contributed by atoms with Crippen molar-refractivity contribution in [2.75, 3.05) is 18.9 Å². The second-order valence-electron chi connectivity index (χ2n) is 6.19. The van der Waals surface area contributed by atoms with Crippen LogP contribution in [0.3, 0.4) is 0 Å². The van der Waals surface area contributed by atoms with Crippen molar-refractivity contribution >= 4 is 11.6 Å². The highest BCUT2D eigenvalue weighted by molar-refractivity contribution is 5.99. The topological polar surface area (TPSA) is 45.2 Å². The van der Waals surface area contributed by atoms with Gasteiger partial charge in [0, 0.05) is 25.8 Å². The average Bonchev–Trinajstić information content (AvgIpc) is 2.51. The van der Waals surface area contributed by atoms with Crippen molar-refractivity contribution in [3.63, 3.8) is 0 Å². The Morgan fingerprint density at radius 1 is 1.48 bits per heavy atom. The number of carbonyl (C=O) groups is 1. The van der Waals surface area contributed by atoms with Crippen LogP contribution >= 0.6 is 0 Å². The lowest BCUT2D eigenvalue weighted by Crippen LogP contribution is -2.40. The van der Waals surface area contributed by atoms with Gasteiger partial charge in [-0.25, -0.2) is 0 Å². The Bertz CT molecular complexity index is 475. The lowest BCUT2D eigenvalue weighted by atomic mass is 9.86. The molecule has 0 aliphatic heterocycles.